The van der Waals surface area contributed by atoms with Crippen molar-refractivity contribution in [3.05, 3.63) is 34.7 Å². The fourth-order valence-corrected chi connectivity index (χ4v) is 1.55. The summed E-state index contributed by atoms with van der Waals surface area (Å²) in [6.45, 7) is 3.70. The Hall–Kier alpha value is -1.76. The standard InChI is InChI=1S/C12H15BrN2O4/c1-3-18-11(16)10(12(17)19-4-2)7-14-15-6-5-9(13)8-15/h5-8,14H,3-4H2,1-2H3. The highest BCUT2D eigenvalue weighted by Gasteiger charge is 2.20. The van der Waals surface area contributed by atoms with Gasteiger partial charge in [-0.1, -0.05) is 0 Å². The van der Waals surface area contributed by atoms with Gasteiger partial charge in [0.25, 0.3) is 0 Å². The van der Waals surface area contributed by atoms with E-state index in [-0.39, 0.29) is 18.8 Å². The minimum absolute atomic E-state index is 0.185. The molecule has 0 aliphatic carbocycles. The predicted molar refractivity (Wildman–Crippen MR) is 72.8 cm³/mol. The van der Waals surface area contributed by atoms with Gasteiger partial charge in [-0.05, 0) is 35.8 Å². The maximum atomic E-state index is 11.6. The lowest BCUT2D eigenvalue weighted by Crippen LogP contribution is -2.21. The molecule has 0 saturated carbocycles. The molecule has 19 heavy (non-hydrogen) atoms. The normalized spacial score (nSPS) is 9.63. The fraction of sp³-hybridized carbons (Fsp3) is 0.333. The third kappa shape index (κ3) is 4.78. The Kier molecular flexibility index (Phi) is 6.14. The highest BCUT2D eigenvalue weighted by Crippen LogP contribution is 2.08. The molecule has 0 radical (unpaired) electrons. The molecule has 0 aliphatic rings. The second-order valence-electron chi connectivity index (χ2n) is 3.37. The van der Waals surface area contributed by atoms with Gasteiger partial charge in [-0.15, -0.1) is 0 Å². The molecule has 1 rings (SSSR count). The summed E-state index contributed by atoms with van der Waals surface area (Å²) >= 11 is 3.28. The van der Waals surface area contributed by atoms with Crippen LogP contribution in [0.4, 0.5) is 0 Å². The summed E-state index contributed by atoms with van der Waals surface area (Å²) in [6.07, 6.45) is 4.70. The van der Waals surface area contributed by atoms with Crippen molar-refractivity contribution in [1.82, 2.24) is 4.68 Å². The van der Waals surface area contributed by atoms with Crippen LogP contribution in [-0.4, -0.2) is 29.8 Å². The Morgan fingerprint density at radius 3 is 2.32 bits per heavy atom. The van der Waals surface area contributed by atoms with Gasteiger partial charge in [-0.3, -0.25) is 4.68 Å². The largest absolute Gasteiger partial charge is 0.462 e. The second-order valence-corrected chi connectivity index (χ2v) is 4.28. The molecule has 0 aliphatic heterocycles. The van der Waals surface area contributed by atoms with Crippen molar-refractivity contribution in [1.29, 1.82) is 0 Å². The Balaban J connectivity index is 2.82. The number of rotatable bonds is 6. The summed E-state index contributed by atoms with van der Waals surface area (Å²) < 4.78 is 12.0. The molecule has 1 aromatic rings. The van der Waals surface area contributed by atoms with Crippen LogP contribution in [0, 0.1) is 0 Å². The van der Waals surface area contributed by atoms with Gasteiger partial charge in [0.1, 0.15) is 0 Å². The number of ether oxygens (including phenoxy) is 2. The Bertz CT molecular complexity index is 462. The van der Waals surface area contributed by atoms with Gasteiger partial charge in [-0.25, -0.2) is 9.59 Å². The van der Waals surface area contributed by atoms with Crippen LogP contribution >= 0.6 is 15.9 Å². The summed E-state index contributed by atoms with van der Waals surface area (Å²) in [5.74, 6) is -1.45. The van der Waals surface area contributed by atoms with Gasteiger partial charge in [0.2, 0.25) is 0 Å². The zero-order valence-corrected chi connectivity index (χ0v) is 12.3. The molecule has 1 heterocycles. The van der Waals surface area contributed by atoms with E-state index >= 15 is 0 Å². The number of esters is 2. The predicted octanol–water partition coefficient (Wildman–Crippen LogP) is 1.80. The van der Waals surface area contributed by atoms with Gasteiger partial charge in [0.15, 0.2) is 5.57 Å². The molecule has 0 amide bonds. The molecule has 6 nitrogen and oxygen atoms in total. The molecule has 0 aromatic carbocycles. The van der Waals surface area contributed by atoms with Crippen molar-refractivity contribution in [2.24, 2.45) is 0 Å². The first-order chi connectivity index (χ1) is 9.08. The lowest BCUT2D eigenvalue weighted by atomic mass is 10.3. The van der Waals surface area contributed by atoms with E-state index in [0.29, 0.717) is 0 Å². The number of hydrogen-bond donors (Lipinski definition) is 1. The van der Waals surface area contributed by atoms with Crippen LogP contribution in [0.5, 0.6) is 0 Å². The van der Waals surface area contributed by atoms with Crippen molar-refractivity contribution >= 4 is 27.9 Å². The molecule has 0 unspecified atom stereocenters. The summed E-state index contributed by atoms with van der Waals surface area (Å²) in [6, 6.07) is 1.80. The molecule has 0 atom stereocenters. The zero-order valence-electron chi connectivity index (χ0n) is 10.7. The molecule has 1 N–H and O–H groups in total. The SMILES string of the molecule is CCOC(=O)C(=CNn1ccc(Br)c1)C(=O)OCC. The first kappa shape index (κ1) is 15.3. The van der Waals surface area contributed by atoms with E-state index in [0.717, 1.165) is 4.47 Å². The average molecular weight is 331 g/mol. The van der Waals surface area contributed by atoms with Crippen LogP contribution in [0.15, 0.2) is 34.7 Å². The van der Waals surface area contributed by atoms with E-state index in [9.17, 15) is 9.59 Å². The fourth-order valence-electron chi connectivity index (χ4n) is 1.21. The van der Waals surface area contributed by atoms with E-state index in [2.05, 4.69) is 21.4 Å². The highest BCUT2D eigenvalue weighted by atomic mass is 79.9. The molecule has 104 valence electrons. The monoisotopic (exact) mass is 330 g/mol. The van der Waals surface area contributed by atoms with Crippen molar-refractivity contribution in [3.63, 3.8) is 0 Å². The van der Waals surface area contributed by atoms with Crippen LogP contribution in [0.3, 0.4) is 0 Å². The number of aromatic nitrogens is 1. The average Bonchev–Trinajstić information content (AvgIpc) is 2.76. The van der Waals surface area contributed by atoms with Crippen LogP contribution in [0.1, 0.15) is 13.8 Å². The summed E-state index contributed by atoms with van der Waals surface area (Å²) in [5.41, 5.74) is 2.58. The van der Waals surface area contributed by atoms with Gasteiger partial charge >= 0.3 is 11.9 Å². The molecular formula is C12H15BrN2O4. The third-order valence-electron chi connectivity index (χ3n) is 2.01. The highest BCUT2D eigenvalue weighted by molar-refractivity contribution is 9.10. The van der Waals surface area contributed by atoms with Gasteiger partial charge in [0, 0.05) is 23.1 Å². The first-order valence-corrected chi connectivity index (χ1v) is 6.52. The van der Waals surface area contributed by atoms with Crippen LogP contribution in [-0.2, 0) is 19.1 Å². The molecule has 7 heteroatoms. The Morgan fingerprint density at radius 1 is 1.32 bits per heavy atom. The molecule has 0 fully saturated rings. The van der Waals surface area contributed by atoms with E-state index in [1.54, 1.807) is 37.0 Å². The number of nitrogens with zero attached hydrogens (tertiary/aromatic N) is 1. The van der Waals surface area contributed by atoms with Gasteiger partial charge < -0.3 is 14.9 Å². The summed E-state index contributed by atoms with van der Waals surface area (Å²) in [4.78, 5) is 23.3. The maximum Gasteiger partial charge on any atom is 0.347 e. The van der Waals surface area contributed by atoms with E-state index in [1.807, 2.05) is 0 Å². The van der Waals surface area contributed by atoms with Gasteiger partial charge in [-0.2, -0.15) is 0 Å². The second kappa shape index (κ2) is 7.63. The smallest absolute Gasteiger partial charge is 0.347 e. The van der Waals surface area contributed by atoms with Crippen LogP contribution in [0.25, 0.3) is 0 Å². The lowest BCUT2D eigenvalue weighted by Gasteiger charge is -2.08. The number of nitrogens with one attached hydrogen (secondary N) is 1. The van der Waals surface area contributed by atoms with Crippen molar-refractivity contribution < 1.29 is 19.1 Å². The van der Waals surface area contributed by atoms with Crippen LogP contribution in [0.2, 0.25) is 0 Å². The summed E-state index contributed by atoms with van der Waals surface area (Å²) in [7, 11) is 0. The third-order valence-corrected chi connectivity index (χ3v) is 2.47. The Morgan fingerprint density at radius 2 is 1.89 bits per heavy atom. The molecule has 0 saturated heterocycles. The maximum absolute atomic E-state index is 11.6. The molecule has 0 bridgehead atoms. The number of carbonyl (C=O) groups excluding carboxylic acids is 2. The lowest BCUT2D eigenvalue weighted by molar-refractivity contribution is -0.146. The van der Waals surface area contributed by atoms with Gasteiger partial charge in [0.05, 0.1) is 13.2 Å². The Labute approximate surface area is 119 Å². The zero-order chi connectivity index (χ0) is 14.3. The van der Waals surface area contributed by atoms with E-state index < -0.39 is 11.9 Å². The molecular weight excluding hydrogens is 316 g/mol. The minimum Gasteiger partial charge on any atom is -0.462 e. The number of halogens is 1. The number of carbonyl (C=O) groups is 2. The van der Waals surface area contributed by atoms with Crippen molar-refractivity contribution in [2.45, 2.75) is 13.8 Å². The molecule has 1 aromatic heterocycles. The number of hydrogen-bond acceptors (Lipinski definition) is 5. The topological polar surface area (TPSA) is 69.6 Å². The molecule has 0 spiro atoms. The van der Waals surface area contributed by atoms with E-state index in [1.165, 1.54) is 6.20 Å². The van der Waals surface area contributed by atoms with Crippen LogP contribution < -0.4 is 5.43 Å². The van der Waals surface area contributed by atoms with Crippen molar-refractivity contribution in [3.8, 4) is 0 Å². The minimum atomic E-state index is -0.723. The summed E-state index contributed by atoms with van der Waals surface area (Å²) in [5, 5.41) is 0. The van der Waals surface area contributed by atoms with Crippen molar-refractivity contribution in [2.75, 3.05) is 18.6 Å². The quantitative estimate of drug-likeness (QED) is 0.373. The van der Waals surface area contributed by atoms with E-state index in [4.69, 9.17) is 9.47 Å². The first-order valence-electron chi connectivity index (χ1n) is 5.73.